The van der Waals surface area contributed by atoms with Crippen LogP contribution < -0.4 is 15.4 Å². The van der Waals surface area contributed by atoms with Gasteiger partial charge in [-0.25, -0.2) is 4.68 Å². The van der Waals surface area contributed by atoms with Crippen molar-refractivity contribution in [1.29, 1.82) is 0 Å². The summed E-state index contributed by atoms with van der Waals surface area (Å²) >= 11 is 0. The Labute approximate surface area is 133 Å². The van der Waals surface area contributed by atoms with Gasteiger partial charge in [-0.3, -0.25) is 9.59 Å². The van der Waals surface area contributed by atoms with Crippen LogP contribution in [0, 0.1) is 0 Å². The van der Waals surface area contributed by atoms with Crippen LogP contribution in [0.1, 0.15) is 12.5 Å². The van der Waals surface area contributed by atoms with Crippen molar-refractivity contribution < 1.29 is 14.3 Å². The van der Waals surface area contributed by atoms with Crippen LogP contribution in [0.3, 0.4) is 0 Å². The lowest BCUT2D eigenvalue weighted by atomic mass is 10.1. The first kappa shape index (κ1) is 16.5. The van der Waals surface area contributed by atoms with Crippen LogP contribution in [0.15, 0.2) is 30.5 Å². The number of carbonyl (C=O) groups excluding carboxylic acids is 2. The van der Waals surface area contributed by atoms with Crippen molar-refractivity contribution in [2.24, 2.45) is 0 Å². The van der Waals surface area contributed by atoms with Gasteiger partial charge in [-0.05, 0) is 18.1 Å². The van der Waals surface area contributed by atoms with Crippen molar-refractivity contribution in [3.05, 3.63) is 36.0 Å². The minimum Gasteiger partial charge on any atom is -0.496 e. The predicted octanol–water partition coefficient (Wildman–Crippen LogP) is 0.604. The van der Waals surface area contributed by atoms with E-state index in [1.54, 1.807) is 7.11 Å². The van der Waals surface area contributed by atoms with Gasteiger partial charge in [0.25, 0.3) is 0 Å². The summed E-state index contributed by atoms with van der Waals surface area (Å²) in [6, 6.07) is 7.68. The lowest BCUT2D eigenvalue weighted by Gasteiger charge is -2.09. The number of carbonyl (C=O) groups is 2. The summed E-state index contributed by atoms with van der Waals surface area (Å²) in [7, 11) is 1.62. The molecule has 0 aliphatic carbocycles. The Kier molecular flexibility index (Phi) is 5.67. The van der Waals surface area contributed by atoms with Crippen LogP contribution in [0.2, 0.25) is 0 Å². The van der Waals surface area contributed by atoms with E-state index >= 15 is 0 Å². The molecule has 2 N–H and O–H groups in total. The standard InChI is InChI=1S/C15H19N5O3/c1-11(21)17-14-9-20(19-18-14)10-15(22)16-8-7-12-5-3-4-6-13(12)23-2/h3-6,9H,7-8,10H2,1-2H3,(H,16,22)(H,17,21). The first-order valence-electron chi connectivity index (χ1n) is 7.15. The molecule has 8 heteroatoms. The fraction of sp³-hybridized carbons (Fsp3) is 0.333. The molecule has 2 aromatic rings. The van der Waals surface area contributed by atoms with Gasteiger partial charge in [0.2, 0.25) is 11.8 Å². The molecule has 0 bridgehead atoms. The lowest BCUT2D eigenvalue weighted by molar-refractivity contribution is -0.121. The van der Waals surface area contributed by atoms with Crippen molar-refractivity contribution in [2.75, 3.05) is 19.0 Å². The molecule has 0 saturated carbocycles. The molecule has 0 radical (unpaired) electrons. The maximum atomic E-state index is 11.9. The number of benzene rings is 1. The Morgan fingerprint density at radius 2 is 2.09 bits per heavy atom. The number of aromatic nitrogens is 3. The Balaban J connectivity index is 1.79. The number of ether oxygens (including phenoxy) is 1. The van der Waals surface area contributed by atoms with Gasteiger partial charge in [0.05, 0.1) is 13.3 Å². The Hall–Kier alpha value is -2.90. The third-order valence-corrected chi connectivity index (χ3v) is 3.06. The maximum Gasteiger partial charge on any atom is 0.241 e. The SMILES string of the molecule is COc1ccccc1CCNC(=O)Cn1cc(NC(C)=O)nn1. The van der Waals surface area contributed by atoms with Gasteiger partial charge in [0, 0.05) is 13.5 Å². The van der Waals surface area contributed by atoms with E-state index in [-0.39, 0.29) is 18.4 Å². The summed E-state index contributed by atoms with van der Waals surface area (Å²) < 4.78 is 6.63. The molecule has 122 valence electrons. The molecular weight excluding hydrogens is 298 g/mol. The van der Waals surface area contributed by atoms with Crippen molar-refractivity contribution in [3.63, 3.8) is 0 Å². The summed E-state index contributed by atoms with van der Waals surface area (Å²) in [6.45, 7) is 1.91. The highest BCUT2D eigenvalue weighted by atomic mass is 16.5. The molecule has 23 heavy (non-hydrogen) atoms. The number of para-hydroxylation sites is 1. The van der Waals surface area contributed by atoms with E-state index in [0.29, 0.717) is 18.8 Å². The quantitative estimate of drug-likeness (QED) is 0.779. The van der Waals surface area contributed by atoms with E-state index in [1.807, 2.05) is 24.3 Å². The smallest absolute Gasteiger partial charge is 0.241 e. The zero-order chi connectivity index (χ0) is 16.7. The summed E-state index contributed by atoms with van der Waals surface area (Å²) in [5, 5.41) is 12.8. The first-order valence-corrected chi connectivity index (χ1v) is 7.15. The van der Waals surface area contributed by atoms with Crippen molar-refractivity contribution in [3.8, 4) is 5.75 Å². The number of amides is 2. The molecule has 1 heterocycles. The molecule has 0 spiro atoms. The second kappa shape index (κ2) is 7.92. The fourth-order valence-electron chi connectivity index (χ4n) is 2.06. The fourth-order valence-corrected chi connectivity index (χ4v) is 2.06. The van der Waals surface area contributed by atoms with Crippen molar-refractivity contribution >= 4 is 17.6 Å². The molecule has 0 fully saturated rings. The van der Waals surface area contributed by atoms with Gasteiger partial charge in [0.15, 0.2) is 5.82 Å². The van der Waals surface area contributed by atoms with E-state index < -0.39 is 0 Å². The number of hydrogen-bond donors (Lipinski definition) is 2. The molecule has 2 rings (SSSR count). The molecule has 0 aliphatic heterocycles. The zero-order valence-electron chi connectivity index (χ0n) is 13.1. The van der Waals surface area contributed by atoms with Gasteiger partial charge < -0.3 is 15.4 Å². The summed E-state index contributed by atoms with van der Waals surface area (Å²) in [5.41, 5.74) is 1.03. The molecule has 8 nitrogen and oxygen atoms in total. The van der Waals surface area contributed by atoms with Crippen LogP contribution in [0.25, 0.3) is 0 Å². The minimum absolute atomic E-state index is 0.0402. The van der Waals surface area contributed by atoms with Crippen LogP contribution >= 0.6 is 0 Å². The largest absolute Gasteiger partial charge is 0.496 e. The number of nitrogens with one attached hydrogen (secondary N) is 2. The minimum atomic E-state index is -0.238. The van der Waals surface area contributed by atoms with E-state index in [4.69, 9.17) is 4.74 Å². The molecule has 1 aromatic carbocycles. The zero-order valence-corrected chi connectivity index (χ0v) is 13.1. The number of hydrogen-bond acceptors (Lipinski definition) is 5. The van der Waals surface area contributed by atoms with E-state index in [2.05, 4.69) is 20.9 Å². The van der Waals surface area contributed by atoms with Gasteiger partial charge in [-0.15, -0.1) is 5.10 Å². The average molecular weight is 317 g/mol. The van der Waals surface area contributed by atoms with E-state index in [0.717, 1.165) is 11.3 Å². The van der Waals surface area contributed by atoms with E-state index in [1.165, 1.54) is 17.8 Å². The third-order valence-electron chi connectivity index (χ3n) is 3.06. The second-order valence-electron chi connectivity index (χ2n) is 4.89. The lowest BCUT2D eigenvalue weighted by Crippen LogP contribution is -2.29. The van der Waals surface area contributed by atoms with Gasteiger partial charge >= 0.3 is 0 Å². The van der Waals surface area contributed by atoms with Crippen LogP contribution in [0.5, 0.6) is 5.75 Å². The summed E-state index contributed by atoms with van der Waals surface area (Å²) in [5.74, 6) is 0.703. The van der Waals surface area contributed by atoms with Gasteiger partial charge in [0.1, 0.15) is 12.3 Å². The molecule has 2 amide bonds. The summed E-state index contributed by atoms with van der Waals surface area (Å²) in [6.07, 6.45) is 2.17. The number of nitrogens with zero attached hydrogens (tertiary/aromatic N) is 3. The normalized spacial score (nSPS) is 10.2. The molecule has 0 atom stereocenters. The Morgan fingerprint density at radius 3 is 2.83 bits per heavy atom. The maximum absolute atomic E-state index is 11.9. The molecule has 0 unspecified atom stereocenters. The van der Waals surface area contributed by atoms with Crippen LogP contribution in [-0.2, 0) is 22.6 Å². The van der Waals surface area contributed by atoms with Crippen molar-refractivity contribution in [1.82, 2.24) is 20.3 Å². The highest BCUT2D eigenvalue weighted by Gasteiger charge is 2.07. The molecule has 0 aliphatic rings. The topological polar surface area (TPSA) is 98.1 Å². The first-order chi connectivity index (χ1) is 11.1. The Morgan fingerprint density at radius 1 is 1.30 bits per heavy atom. The molecular formula is C15H19N5O3. The van der Waals surface area contributed by atoms with Crippen LogP contribution in [-0.4, -0.2) is 40.5 Å². The summed E-state index contributed by atoms with van der Waals surface area (Å²) in [4.78, 5) is 22.8. The van der Waals surface area contributed by atoms with Gasteiger partial charge in [-0.2, -0.15) is 0 Å². The highest BCUT2D eigenvalue weighted by molar-refractivity contribution is 5.87. The third kappa shape index (κ3) is 5.10. The molecule has 1 aromatic heterocycles. The van der Waals surface area contributed by atoms with Gasteiger partial charge in [-0.1, -0.05) is 23.4 Å². The monoisotopic (exact) mass is 317 g/mol. The number of methoxy groups -OCH3 is 1. The van der Waals surface area contributed by atoms with Crippen LogP contribution in [0.4, 0.5) is 5.82 Å². The van der Waals surface area contributed by atoms with Crippen molar-refractivity contribution in [2.45, 2.75) is 19.9 Å². The second-order valence-corrected chi connectivity index (χ2v) is 4.89. The molecule has 0 saturated heterocycles. The Bertz CT molecular complexity index is 683. The highest BCUT2D eigenvalue weighted by Crippen LogP contribution is 2.17. The average Bonchev–Trinajstić information content (AvgIpc) is 2.93. The predicted molar refractivity (Wildman–Crippen MR) is 84.0 cm³/mol. The number of rotatable bonds is 7. The van der Waals surface area contributed by atoms with E-state index in [9.17, 15) is 9.59 Å². The number of anilines is 1.